The summed E-state index contributed by atoms with van der Waals surface area (Å²) < 4.78 is 5.03. The van der Waals surface area contributed by atoms with Gasteiger partial charge in [-0.25, -0.2) is 4.98 Å². The fourth-order valence-electron chi connectivity index (χ4n) is 2.57. The second-order valence-corrected chi connectivity index (χ2v) is 6.48. The summed E-state index contributed by atoms with van der Waals surface area (Å²) in [5, 5.41) is 10.4. The highest BCUT2D eigenvalue weighted by atomic mass is 32.1. The average Bonchev–Trinajstić information content (AvgIpc) is 3.07. The molecule has 2 rings (SSSR count). The summed E-state index contributed by atoms with van der Waals surface area (Å²) in [6, 6.07) is 0. The van der Waals surface area contributed by atoms with Gasteiger partial charge in [0.05, 0.1) is 17.8 Å². The number of ether oxygens (including phenoxy) is 1. The van der Waals surface area contributed by atoms with Crippen molar-refractivity contribution in [2.75, 3.05) is 26.8 Å². The molecule has 1 aliphatic rings. The standard InChI is InChI=1S/C14H20N2O4S/c1-3-4-11-15-7-10(21-11)12(17)16-6-5-14(8-16,9-20-2)13(18)19/h7H,3-6,8-9H2,1-2H3,(H,18,19). The molecule has 116 valence electrons. The number of carboxylic acids is 1. The van der Waals surface area contributed by atoms with Crippen LogP contribution in [-0.4, -0.2) is 53.7 Å². The summed E-state index contributed by atoms with van der Waals surface area (Å²) in [6.07, 6.45) is 3.86. The summed E-state index contributed by atoms with van der Waals surface area (Å²) in [6.45, 7) is 2.82. The lowest BCUT2D eigenvalue weighted by Crippen LogP contribution is -2.40. The van der Waals surface area contributed by atoms with Gasteiger partial charge in [-0.05, 0) is 19.3 Å². The molecule has 21 heavy (non-hydrogen) atoms. The molecule has 1 unspecified atom stereocenters. The normalized spacial score (nSPS) is 21.7. The molecule has 1 fully saturated rings. The molecule has 6 nitrogen and oxygen atoms in total. The summed E-state index contributed by atoms with van der Waals surface area (Å²) >= 11 is 1.39. The van der Waals surface area contributed by atoms with Crippen molar-refractivity contribution >= 4 is 23.2 Å². The molecule has 0 spiro atoms. The molecule has 1 amide bonds. The smallest absolute Gasteiger partial charge is 0.313 e. The van der Waals surface area contributed by atoms with E-state index in [0.717, 1.165) is 17.8 Å². The van der Waals surface area contributed by atoms with E-state index in [2.05, 4.69) is 11.9 Å². The Morgan fingerprint density at radius 1 is 1.57 bits per heavy atom. The van der Waals surface area contributed by atoms with Crippen molar-refractivity contribution in [2.45, 2.75) is 26.2 Å². The second-order valence-electron chi connectivity index (χ2n) is 5.36. The largest absolute Gasteiger partial charge is 0.481 e. The van der Waals surface area contributed by atoms with E-state index in [1.807, 2.05) is 0 Å². The highest BCUT2D eigenvalue weighted by Crippen LogP contribution is 2.32. The Bertz CT molecular complexity index is 531. The number of aromatic nitrogens is 1. The lowest BCUT2D eigenvalue weighted by atomic mass is 9.88. The fourth-order valence-corrected chi connectivity index (χ4v) is 3.56. The Hall–Kier alpha value is -1.47. The molecule has 0 radical (unpaired) electrons. The predicted octanol–water partition coefficient (Wildman–Crippen LogP) is 1.66. The molecule has 7 heteroatoms. The van der Waals surface area contributed by atoms with Crippen molar-refractivity contribution in [3.63, 3.8) is 0 Å². The van der Waals surface area contributed by atoms with E-state index in [-0.39, 0.29) is 19.1 Å². The number of carbonyl (C=O) groups is 2. The summed E-state index contributed by atoms with van der Waals surface area (Å²) in [5.41, 5.74) is -0.985. The Kier molecular flexibility index (Phi) is 4.95. The third-order valence-corrected chi connectivity index (χ3v) is 4.79. The van der Waals surface area contributed by atoms with Gasteiger partial charge in [0.15, 0.2) is 0 Å². The number of carbonyl (C=O) groups excluding carboxylic acids is 1. The molecule has 2 heterocycles. The highest BCUT2D eigenvalue weighted by Gasteiger charge is 2.46. The quantitative estimate of drug-likeness (QED) is 0.864. The van der Waals surface area contributed by atoms with Crippen LogP contribution in [0.25, 0.3) is 0 Å². The molecule has 1 aromatic heterocycles. The molecule has 0 aliphatic carbocycles. The van der Waals surface area contributed by atoms with Gasteiger partial charge in [0.2, 0.25) is 0 Å². The zero-order valence-electron chi connectivity index (χ0n) is 12.3. The van der Waals surface area contributed by atoms with E-state index in [0.29, 0.717) is 17.8 Å². The zero-order valence-corrected chi connectivity index (χ0v) is 13.1. The first-order valence-corrected chi connectivity index (χ1v) is 7.80. The van der Waals surface area contributed by atoms with Gasteiger partial charge >= 0.3 is 5.97 Å². The number of carboxylic acid groups (broad SMARTS) is 1. The molecule has 1 aliphatic heterocycles. The summed E-state index contributed by atoms with van der Waals surface area (Å²) in [4.78, 5) is 30.3. The number of rotatable bonds is 6. The highest BCUT2D eigenvalue weighted by molar-refractivity contribution is 7.13. The maximum atomic E-state index is 12.4. The van der Waals surface area contributed by atoms with Crippen LogP contribution in [0.3, 0.4) is 0 Å². The molecular weight excluding hydrogens is 292 g/mol. The lowest BCUT2D eigenvalue weighted by molar-refractivity contribution is -0.151. The topological polar surface area (TPSA) is 79.7 Å². The van der Waals surface area contributed by atoms with Crippen molar-refractivity contribution < 1.29 is 19.4 Å². The molecule has 1 aromatic rings. The van der Waals surface area contributed by atoms with Crippen LogP contribution in [0.4, 0.5) is 0 Å². The van der Waals surface area contributed by atoms with Crippen LogP contribution in [0.15, 0.2) is 6.20 Å². The van der Waals surface area contributed by atoms with Gasteiger partial charge in [0.1, 0.15) is 10.3 Å². The number of methoxy groups -OCH3 is 1. The monoisotopic (exact) mass is 312 g/mol. The molecule has 1 saturated heterocycles. The lowest BCUT2D eigenvalue weighted by Gasteiger charge is -2.23. The number of aliphatic carboxylic acids is 1. The van der Waals surface area contributed by atoms with Gasteiger partial charge in [-0.2, -0.15) is 0 Å². The zero-order chi connectivity index (χ0) is 15.5. The first-order valence-electron chi connectivity index (χ1n) is 6.98. The van der Waals surface area contributed by atoms with Crippen LogP contribution >= 0.6 is 11.3 Å². The third kappa shape index (κ3) is 3.24. The van der Waals surface area contributed by atoms with Gasteiger partial charge in [0, 0.05) is 20.2 Å². The SMILES string of the molecule is CCCc1ncc(C(=O)N2CCC(COC)(C(=O)O)C2)s1. The van der Waals surface area contributed by atoms with Gasteiger partial charge in [-0.1, -0.05) is 6.92 Å². The first kappa shape index (κ1) is 15.9. The summed E-state index contributed by atoms with van der Waals surface area (Å²) in [5.74, 6) is -1.04. The van der Waals surface area contributed by atoms with E-state index >= 15 is 0 Å². The fraction of sp³-hybridized carbons (Fsp3) is 0.643. The van der Waals surface area contributed by atoms with Gasteiger partial charge in [-0.3, -0.25) is 9.59 Å². The number of hydrogen-bond donors (Lipinski definition) is 1. The van der Waals surface area contributed by atoms with Crippen molar-refractivity contribution in [2.24, 2.45) is 5.41 Å². The van der Waals surface area contributed by atoms with Crippen LogP contribution in [0, 0.1) is 5.41 Å². The van der Waals surface area contributed by atoms with Crippen molar-refractivity contribution in [3.05, 3.63) is 16.1 Å². The predicted molar refractivity (Wildman–Crippen MR) is 78.6 cm³/mol. The minimum absolute atomic E-state index is 0.121. The van der Waals surface area contributed by atoms with Crippen LogP contribution in [0.1, 0.15) is 34.4 Å². The molecule has 0 saturated carbocycles. The average molecular weight is 312 g/mol. The molecule has 0 aromatic carbocycles. The van der Waals surface area contributed by atoms with Gasteiger partial charge in [-0.15, -0.1) is 11.3 Å². The number of aryl methyl sites for hydroxylation is 1. The van der Waals surface area contributed by atoms with E-state index in [1.165, 1.54) is 18.4 Å². The minimum Gasteiger partial charge on any atom is -0.481 e. The van der Waals surface area contributed by atoms with Crippen LogP contribution in [0.5, 0.6) is 0 Å². The number of amides is 1. The van der Waals surface area contributed by atoms with Crippen LogP contribution in [-0.2, 0) is 16.0 Å². The van der Waals surface area contributed by atoms with E-state index in [1.54, 1.807) is 11.1 Å². The number of hydrogen-bond acceptors (Lipinski definition) is 5. The minimum atomic E-state index is -0.985. The maximum absolute atomic E-state index is 12.4. The molecule has 1 atom stereocenters. The van der Waals surface area contributed by atoms with Crippen LogP contribution in [0.2, 0.25) is 0 Å². The number of likely N-dealkylation sites (tertiary alicyclic amines) is 1. The maximum Gasteiger partial charge on any atom is 0.313 e. The van der Waals surface area contributed by atoms with Gasteiger partial charge in [0.25, 0.3) is 5.91 Å². The van der Waals surface area contributed by atoms with E-state index in [4.69, 9.17) is 4.74 Å². The number of thiazole rings is 1. The van der Waals surface area contributed by atoms with Crippen molar-refractivity contribution in [3.8, 4) is 0 Å². The van der Waals surface area contributed by atoms with Crippen molar-refractivity contribution in [1.82, 2.24) is 9.88 Å². The van der Waals surface area contributed by atoms with E-state index < -0.39 is 11.4 Å². The van der Waals surface area contributed by atoms with Crippen molar-refractivity contribution in [1.29, 1.82) is 0 Å². The molecule has 1 N–H and O–H groups in total. The number of nitrogens with zero attached hydrogens (tertiary/aromatic N) is 2. The summed E-state index contributed by atoms with van der Waals surface area (Å²) in [7, 11) is 1.48. The van der Waals surface area contributed by atoms with Gasteiger partial charge < -0.3 is 14.7 Å². The first-order chi connectivity index (χ1) is 10.0. The second kappa shape index (κ2) is 6.53. The Morgan fingerprint density at radius 2 is 2.33 bits per heavy atom. The molecule has 0 bridgehead atoms. The van der Waals surface area contributed by atoms with E-state index in [9.17, 15) is 14.7 Å². The third-order valence-electron chi connectivity index (χ3n) is 3.74. The Labute approximate surface area is 127 Å². The van der Waals surface area contributed by atoms with Crippen LogP contribution < -0.4 is 0 Å². The Morgan fingerprint density at radius 3 is 2.95 bits per heavy atom. The Balaban J connectivity index is 2.08. The molecular formula is C14H20N2O4S.